The molecule has 22 heavy (non-hydrogen) atoms. The minimum Gasteiger partial charge on any atom is -0.463 e. The van der Waals surface area contributed by atoms with E-state index in [0.717, 1.165) is 6.07 Å². The van der Waals surface area contributed by atoms with Gasteiger partial charge in [0.25, 0.3) is 0 Å². The molecule has 2 N–H and O–H groups in total. The fraction of sp³-hybridized carbons (Fsp3) is 0.667. The summed E-state index contributed by atoms with van der Waals surface area (Å²) >= 11 is 0. The van der Waals surface area contributed by atoms with Crippen LogP contribution in [0.2, 0.25) is 0 Å². The molecular formula is C15H22F3NO3. The Hall–Kier alpha value is -1.50. The van der Waals surface area contributed by atoms with Gasteiger partial charge in [-0.2, -0.15) is 13.2 Å². The first-order valence-electron chi connectivity index (χ1n) is 6.93. The Kier molecular flexibility index (Phi) is 5.01. The second kappa shape index (κ2) is 5.95. The van der Waals surface area contributed by atoms with Crippen molar-refractivity contribution in [2.75, 3.05) is 0 Å². The Balaban J connectivity index is 2.99. The molecule has 0 saturated heterocycles. The molecule has 1 heterocycles. The van der Waals surface area contributed by atoms with Crippen molar-refractivity contribution < 1.29 is 27.5 Å². The zero-order chi connectivity index (χ0) is 17.3. The van der Waals surface area contributed by atoms with E-state index >= 15 is 0 Å². The lowest BCUT2D eigenvalue weighted by Gasteiger charge is -2.31. The van der Waals surface area contributed by atoms with Gasteiger partial charge in [-0.1, -0.05) is 20.8 Å². The van der Waals surface area contributed by atoms with E-state index in [-0.39, 0.29) is 17.2 Å². The third-order valence-electron chi connectivity index (χ3n) is 3.71. The lowest BCUT2D eigenvalue weighted by Crippen LogP contribution is -2.49. The zero-order valence-corrected chi connectivity index (χ0v) is 13.3. The Labute approximate surface area is 127 Å². The smallest absolute Gasteiger partial charge is 0.425 e. The van der Waals surface area contributed by atoms with Crippen molar-refractivity contribution in [2.45, 2.75) is 58.9 Å². The fourth-order valence-electron chi connectivity index (χ4n) is 1.73. The molecule has 0 aliphatic carbocycles. The summed E-state index contributed by atoms with van der Waals surface area (Å²) in [5.41, 5.74) is -3.66. The first-order chi connectivity index (χ1) is 9.77. The van der Waals surface area contributed by atoms with Gasteiger partial charge < -0.3 is 14.8 Å². The highest BCUT2D eigenvalue weighted by Gasteiger charge is 2.58. The van der Waals surface area contributed by atoms with Crippen molar-refractivity contribution >= 4 is 5.91 Å². The van der Waals surface area contributed by atoms with Crippen LogP contribution in [-0.2, 0) is 10.4 Å². The molecule has 0 aliphatic rings. The lowest BCUT2D eigenvalue weighted by molar-refractivity contribution is -0.273. The minimum atomic E-state index is -5.03. The second-order valence-electron chi connectivity index (χ2n) is 6.60. The molecule has 2 atom stereocenters. The molecule has 0 spiro atoms. The molecule has 1 aromatic heterocycles. The lowest BCUT2D eigenvalue weighted by atomic mass is 9.87. The van der Waals surface area contributed by atoms with Crippen LogP contribution < -0.4 is 5.32 Å². The van der Waals surface area contributed by atoms with Crippen LogP contribution in [0, 0.1) is 12.3 Å². The van der Waals surface area contributed by atoms with E-state index in [2.05, 4.69) is 5.32 Å². The topological polar surface area (TPSA) is 62.5 Å². The van der Waals surface area contributed by atoms with Gasteiger partial charge in [0.15, 0.2) is 0 Å². The molecule has 7 heteroatoms. The summed E-state index contributed by atoms with van der Waals surface area (Å²) in [6.07, 6.45) is -6.18. The summed E-state index contributed by atoms with van der Waals surface area (Å²) in [7, 11) is 0. The van der Waals surface area contributed by atoms with Gasteiger partial charge in [0.2, 0.25) is 11.5 Å². The maximum absolute atomic E-state index is 13.2. The Morgan fingerprint density at radius 2 is 1.86 bits per heavy atom. The van der Waals surface area contributed by atoms with Gasteiger partial charge in [-0.3, -0.25) is 4.79 Å². The highest BCUT2D eigenvalue weighted by atomic mass is 19.4. The maximum atomic E-state index is 13.2. The molecule has 0 aromatic carbocycles. The van der Waals surface area contributed by atoms with Gasteiger partial charge in [-0.15, -0.1) is 0 Å². The van der Waals surface area contributed by atoms with E-state index in [9.17, 15) is 23.1 Å². The zero-order valence-electron chi connectivity index (χ0n) is 13.3. The number of halogens is 3. The van der Waals surface area contributed by atoms with Gasteiger partial charge in [-0.05, 0) is 31.4 Å². The average molecular weight is 321 g/mol. The van der Waals surface area contributed by atoms with Crippen LogP contribution in [0.25, 0.3) is 0 Å². The van der Waals surface area contributed by atoms with Crippen molar-refractivity contribution in [2.24, 2.45) is 5.41 Å². The van der Waals surface area contributed by atoms with Gasteiger partial charge in [0.1, 0.15) is 11.5 Å². The highest BCUT2D eigenvalue weighted by Crippen LogP contribution is 2.42. The molecular weight excluding hydrogens is 299 g/mol. The molecule has 1 aromatic rings. The van der Waals surface area contributed by atoms with Crippen LogP contribution in [0.4, 0.5) is 13.2 Å². The average Bonchev–Trinajstić information content (AvgIpc) is 2.73. The third-order valence-corrected chi connectivity index (χ3v) is 3.71. The summed E-state index contributed by atoms with van der Waals surface area (Å²) in [6.45, 7) is 8.71. The first kappa shape index (κ1) is 18.5. The number of alkyl halides is 3. The van der Waals surface area contributed by atoms with Gasteiger partial charge >= 0.3 is 6.18 Å². The van der Waals surface area contributed by atoms with E-state index in [1.807, 2.05) is 20.8 Å². The number of hydrogen-bond acceptors (Lipinski definition) is 3. The van der Waals surface area contributed by atoms with Crippen LogP contribution in [-0.4, -0.2) is 23.2 Å². The predicted molar refractivity (Wildman–Crippen MR) is 75.1 cm³/mol. The number of carbonyl (C=O) groups excluding carboxylic acids is 1. The molecule has 4 nitrogen and oxygen atoms in total. The van der Waals surface area contributed by atoms with Gasteiger partial charge in [0, 0.05) is 6.04 Å². The van der Waals surface area contributed by atoms with Crippen LogP contribution >= 0.6 is 0 Å². The Bertz CT molecular complexity index is 531. The van der Waals surface area contributed by atoms with Crippen molar-refractivity contribution in [1.29, 1.82) is 0 Å². The van der Waals surface area contributed by atoms with Crippen LogP contribution in [0.3, 0.4) is 0 Å². The van der Waals surface area contributed by atoms with Crippen LogP contribution in [0.1, 0.15) is 45.6 Å². The minimum absolute atomic E-state index is 0.223. The summed E-state index contributed by atoms with van der Waals surface area (Å²) in [4.78, 5) is 11.9. The second-order valence-corrected chi connectivity index (χ2v) is 6.60. The van der Waals surface area contributed by atoms with Crippen molar-refractivity contribution in [3.8, 4) is 0 Å². The quantitative estimate of drug-likeness (QED) is 0.894. The number of hydrogen-bond donors (Lipinski definition) is 2. The van der Waals surface area contributed by atoms with Gasteiger partial charge in [-0.25, -0.2) is 0 Å². The SMILES string of the molecule is Cc1ccc(C(O)(CC(=O)NC(C)C(C)(C)C)C(F)(F)F)o1. The monoisotopic (exact) mass is 321 g/mol. The van der Waals surface area contributed by atoms with Crippen molar-refractivity contribution in [3.63, 3.8) is 0 Å². The molecule has 1 rings (SSSR count). The standard InChI is InChI=1S/C15H22F3NO3/c1-9-6-7-11(22-9)14(21,15(16,17)18)8-12(20)19-10(2)13(3,4)5/h6-7,10,21H,8H2,1-5H3,(H,19,20). The number of furan rings is 1. The Morgan fingerprint density at radius 1 is 1.32 bits per heavy atom. The number of amides is 1. The molecule has 0 bridgehead atoms. The third kappa shape index (κ3) is 4.03. The summed E-state index contributed by atoms with van der Waals surface area (Å²) in [6, 6.07) is 1.99. The van der Waals surface area contributed by atoms with E-state index in [4.69, 9.17) is 4.42 Å². The molecule has 0 aliphatic heterocycles. The normalized spacial score (nSPS) is 17.0. The number of rotatable bonds is 4. The van der Waals surface area contributed by atoms with Crippen LogP contribution in [0.15, 0.2) is 16.5 Å². The van der Waals surface area contributed by atoms with Crippen LogP contribution in [0.5, 0.6) is 0 Å². The summed E-state index contributed by atoms with van der Waals surface area (Å²) in [5.74, 6) is -1.35. The molecule has 1 amide bonds. The summed E-state index contributed by atoms with van der Waals surface area (Å²) < 4.78 is 44.6. The number of aliphatic hydroxyl groups is 1. The van der Waals surface area contributed by atoms with E-state index in [1.165, 1.54) is 13.0 Å². The molecule has 0 saturated carbocycles. The summed E-state index contributed by atoms with van der Waals surface area (Å²) in [5, 5.41) is 12.5. The molecule has 0 fully saturated rings. The van der Waals surface area contributed by atoms with E-state index in [0.29, 0.717) is 0 Å². The number of aryl methyl sites for hydroxylation is 1. The maximum Gasteiger partial charge on any atom is 0.425 e. The predicted octanol–water partition coefficient (Wildman–Crippen LogP) is 3.28. The van der Waals surface area contributed by atoms with E-state index in [1.54, 1.807) is 6.92 Å². The molecule has 126 valence electrons. The largest absolute Gasteiger partial charge is 0.463 e. The first-order valence-corrected chi connectivity index (χ1v) is 6.93. The molecule has 2 unspecified atom stereocenters. The fourth-order valence-corrected chi connectivity index (χ4v) is 1.73. The number of carbonyl (C=O) groups is 1. The Morgan fingerprint density at radius 3 is 2.23 bits per heavy atom. The van der Waals surface area contributed by atoms with Gasteiger partial charge in [0.05, 0.1) is 6.42 Å². The van der Waals surface area contributed by atoms with E-state index < -0.39 is 29.9 Å². The van der Waals surface area contributed by atoms with Crippen molar-refractivity contribution in [1.82, 2.24) is 5.32 Å². The van der Waals surface area contributed by atoms with Crippen molar-refractivity contribution in [3.05, 3.63) is 23.7 Å². The number of nitrogens with one attached hydrogen (secondary N) is 1. The highest BCUT2D eigenvalue weighted by molar-refractivity contribution is 5.77. The molecule has 0 radical (unpaired) electrons.